The van der Waals surface area contributed by atoms with Gasteiger partial charge < -0.3 is 0 Å². The van der Waals surface area contributed by atoms with Crippen LogP contribution in [-0.2, 0) is 15.6 Å². The molecule has 0 atom stereocenters. The SMILES string of the molecule is [CH2]S(=O)(=O)Cc1cnc2ncccc2c1. The van der Waals surface area contributed by atoms with Crippen LogP contribution in [0.3, 0.4) is 0 Å². The first kappa shape index (κ1) is 10.0. The maximum atomic E-state index is 11.0. The Balaban J connectivity index is 2.48. The van der Waals surface area contributed by atoms with Gasteiger partial charge in [0, 0.05) is 17.8 Å². The number of sulfone groups is 1. The highest BCUT2D eigenvalue weighted by Crippen LogP contribution is 2.12. The Morgan fingerprint density at radius 1 is 1.33 bits per heavy atom. The molecule has 0 amide bonds. The molecule has 1 radical (unpaired) electrons. The average Bonchev–Trinajstić information content (AvgIpc) is 2.15. The number of rotatable bonds is 2. The number of pyridine rings is 2. The van der Waals surface area contributed by atoms with E-state index in [-0.39, 0.29) is 5.75 Å². The fourth-order valence-electron chi connectivity index (χ4n) is 1.34. The Labute approximate surface area is 87.9 Å². The van der Waals surface area contributed by atoms with Gasteiger partial charge in [0.2, 0.25) is 0 Å². The van der Waals surface area contributed by atoms with E-state index >= 15 is 0 Å². The summed E-state index contributed by atoms with van der Waals surface area (Å²) >= 11 is 0. The van der Waals surface area contributed by atoms with Crippen LogP contribution in [0, 0.1) is 6.26 Å². The molecule has 0 aliphatic heterocycles. The summed E-state index contributed by atoms with van der Waals surface area (Å²) < 4.78 is 22.0. The van der Waals surface area contributed by atoms with Gasteiger partial charge in [0.1, 0.15) is 0 Å². The van der Waals surface area contributed by atoms with Gasteiger partial charge in [-0.2, -0.15) is 0 Å². The van der Waals surface area contributed by atoms with Crippen molar-refractivity contribution in [2.24, 2.45) is 0 Å². The molecular formula is C10H9N2O2S. The second-order valence-corrected chi connectivity index (χ2v) is 5.06. The molecule has 4 nitrogen and oxygen atoms in total. The normalized spacial score (nSPS) is 11.8. The van der Waals surface area contributed by atoms with Crippen LogP contribution in [0.25, 0.3) is 11.0 Å². The lowest BCUT2D eigenvalue weighted by atomic mass is 10.2. The van der Waals surface area contributed by atoms with E-state index in [4.69, 9.17) is 0 Å². The fourth-order valence-corrected chi connectivity index (χ4v) is 2.01. The molecule has 15 heavy (non-hydrogen) atoms. The van der Waals surface area contributed by atoms with Crippen LogP contribution in [0.5, 0.6) is 0 Å². The molecule has 0 fully saturated rings. The molecule has 0 N–H and O–H groups in total. The van der Waals surface area contributed by atoms with Crippen molar-refractivity contribution in [1.29, 1.82) is 0 Å². The van der Waals surface area contributed by atoms with Crippen molar-refractivity contribution in [3.63, 3.8) is 0 Å². The molecule has 0 aromatic carbocycles. The van der Waals surface area contributed by atoms with Crippen molar-refractivity contribution in [2.45, 2.75) is 5.75 Å². The summed E-state index contributed by atoms with van der Waals surface area (Å²) in [5.41, 5.74) is 1.24. The predicted octanol–water partition coefficient (Wildman–Crippen LogP) is 1.34. The Kier molecular flexibility index (Phi) is 2.40. The summed E-state index contributed by atoms with van der Waals surface area (Å²) in [6.07, 6.45) is 6.23. The van der Waals surface area contributed by atoms with E-state index in [2.05, 4.69) is 16.2 Å². The molecule has 0 aliphatic carbocycles. The number of hydrogen-bond donors (Lipinski definition) is 0. The molecule has 2 aromatic heterocycles. The van der Waals surface area contributed by atoms with Crippen LogP contribution in [0.2, 0.25) is 0 Å². The number of nitrogens with zero attached hydrogens (tertiary/aromatic N) is 2. The molecule has 2 aromatic rings. The first-order chi connectivity index (χ1) is 7.04. The molecular weight excluding hydrogens is 212 g/mol. The van der Waals surface area contributed by atoms with E-state index in [1.165, 1.54) is 6.20 Å². The summed E-state index contributed by atoms with van der Waals surface area (Å²) in [6.45, 7) is 0. The van der Waals surface area contributed by atoms with E-state index in [0.717, 1.165) is 5.39 Å². The fraction of sp³-hybridized carbons (Fsp3) is 0.100. The first-order valence-electron chi connectivity index (χ1n) is 4.30. The highest BCUT2D eigenvalue weighted by atomic mass is 32.2. The molecule has 0 aliphatic rings. The monoisotopic (exact) mass is 221 g/mol. The largest absolute Gasteiger partial charge is 0.237 e. The summed E-state index contributed by atoms with van der Waals surface area (Å²) in [6, 6.07) is 5.39. The van der Waals surface area contributed by atoms with Gasteiger partial charge in [-0.25, -0.2) is 18.4 Å². The molecule has 77 valence electrons. The van der Waals surface area contributed by atoms with Gasteiger partial charge >= 0.3 is 0 Å². The van der Waals surface area contributed by atoms with Crippen molar-refractivity contribution >= 4 is 20.9 Å². The van der Waals surface area contributed by atoms with Gasteiger partial charge in [-0.15, -0.1) is 0 Å². The Morgan fingerprint density at radius 2 is 2.13 bits per heavy atom. The van der Waals surface area contributed by atoms with Gasteiger partial charge in [-0.1, -0.05) is 0 Å². The van der Waals surface area contributed by atoms with Crippen LogP contribution in [0.15, 0.2) is 30.6 Å². The number of hydrogen-bond acceptors (Lipinski definition) is 4. The standard InChI is InChI=1S/C10H9N2O2S/c1-15(13,14)7-8-5-9-3-2-4-11-10(9)12-6-8/h2-6H,1,7H2. The molecule has 2 heterocycles. The smallest absolute Gasteiger partial charge is 0.159 e. The summed E-state index contributed by atoms with van der Waals surface area (Å²) in [5.74, 6) is -0.0924. The third-order valence-electron chi connectivity index (χ3n) is 1.90. The summed E-state index contributed by atoms with van der Waals surface area (Å²) in [5, 5.41) is 0.832. The van der Waals surface area contributed by atoms with Crippen LogP contribution in [0.1, 0.15) is 5.56 Å². The van der Waals surface area contributed by atoms with Gasteiger partial charge in [0.15, 0.2) is 15.5 Å². The van der Waals surface area contributed by atoms with Gasteiger partial charge in [-0.3, -0.25) is 0 Å². The average molecular weight is 221 g/mol. The quantitative estimate of drug-likeness (QED) is 0.767. The second kappa shape index (κ2) is 3.58. The maximum absolute atomic E-state index is 11.0. The van der Waals surface area contributed by atoms with Crippen molar-refractivity contribution in [3.05, 3.63) is 42.4 Å². The Hall–Kier alpha value is -1.49. The van der Waals surface area contributed by atoms with Crippen LogP contribution < -0.4 is 0 Å². The van der Waals surface area contributed by atoms with Crippen LogP contribution in [-0.4, -0.2) is 18.4 Å². The zero-order chi connectivity index (χ0) is 10.9. The highest BCUT2D eigenvalue weighted by Gasteiger charge is 2.05. The van der Waals surface area contributed by atoms with Gasteiger partial charge in [-0.05, 0) is 23.8 Å². The summed E-state index contributed by atoms with van der Waals surface area (Å²) in [7, 11) is -3.26. The minimum atomic E-state index is -3.26. The van der Waals surface area contributed by atoms with Crippen LogP contribution >= 0.6 is 0 Å². The van der Waals surface area contributed by atoms with Crippen molar-refractivity contribution in [3.8, 4) is 0 Å². The zero-order valence-electron chi connectivity index (χ0n) is 7.92. The van der Waals surface area contributed by atoms with E-state index in [1.807, 2.05) is 6.07 Å². The topological polar surface area (TPSA) is 59.9 Å². The van der Waals surface area contributed by atoms with Crippen molar-refractivity contribution in [1.82, 2.24) is 9.97 Å². The summed E-state index contributed by atoms with van der Waals surface area (Å²) in [4.78, 5) is 8.10. The lowest BCUT2D eigenvalue weighted by molar-refractivity contribution is 0.603. The third kappa shape index (κ3) is 2.50. The third-order valence-corrected chi connectivity index (χ3v) is 2.67. The molecule has 2 rings (SSSR count). The lowest BCUT2D eigenvalue weighted by Crippen LogP contribution is -1.99. The van der Waals surface area contributed by atoms with E-state index < -0.39 is 9.84 Å². The minimum Gasteiger partial charge on any atom is -0.237 e. The molecule has 0 spiro atoms. The first-order valence-corrected chi connectivity index (χ1v) is 6.12. The highest BCUT2D eigenvalue weighted by molar-refractivity contribution is 7.91. The van der Waals surface area contributed by atoms with E-state index in [0.29, 0.717) is 11.2 Å². The maximum Gasteiger partial charge on any atom is 0.159 e. The lowest BCUT2D eigenvalue weighted by Gasteiger charge is -2.00. The molecule has 0 unspecified atom stereocenters. The number of aromatic nitrogens is 2. The second-order valence-electron chi connectivity index (χ2n) is 3.28. The van der Waals surface area contributed by atoms with Crippen LogP contribution in [0.4, 0.5) is 0 Å². The van der Waals surface area contributed by atoms with Gasteiger partial charge in [0.25, 0.3) is 0 Å². The van der Waals surface area contributed by atoms with Crippen molar-refractivity contribution in [2.75, 3.05) is 0 Å². The predicted molar refractivity (Wildman–Crippen MR) is 57.5 cm³/mol. The van der Waals surface area contributed by atoms with E-state index in [1.54, 1.807) is 18.3 Å². The van der Waals surface area contributed by atoms with E-state index in [9.17, 15) is 8.42 Å². The Bertz CT molecular complexity index is 593. The minimum absolute atomic E-state index is 0.0924. The number of fused-ring (bicyclic) bond motifs is 1. The molecule has 5 heteroatoms. The molecule has 0 saturated heterocycles. The molecule has 0 saturated carbocycles. The molecule has 0 bridgehead atoms. The Morgan fingerprint density at radius 3 is 2.87 bits per heavy atom. The zero-order valence-corrected chi connectivity index (χ0v) is 8.74. The van der Waals surface area contributed by atoms with Crippen molar-refractivity contribution < 1.29 is 8.42 Å². The van der Waals surface area contributed by atoms with Gasteiger partial charge in [0.05, 0.1) is 12.0 Å².